The molecule has 2 N–H and O–H groups in total. The van der Waals surface area contributed by atoms with Gasteiger partial charge in [-0.25, -0.2) is 24.0 Å². The maximum Gasteiger partial charge on any atom is 0.323 e. The number of carbonyl (C=O) groups is 1. The molecular formula is C19H12N6O5. The highest BCUT2D eigenvalue weighted by molar-refractivity contribution is 6.04. The molecule has 30 heavy (non-hydrogen) atoms. The summed E-state index contributed by atoms with van der Waals surface area (Å²) in [6.45, 7) is 3.24. The zero-order valence-electron chi connectivity index (χ0n) is 15.6. The number of aliphatic imine (C=N–C) groups is 4. The van der Waals surface area contributed by atoms with Crippen LogP contribution in [0.25, 0.3) is 0 Å². The van der Waals surface area contributed by atoms with E-state index in [1.165, 1.54) is 48.6 Å². The Morgan fingerprint density at radius 2 is 0.967 bits per heavy atom. The zero-order valence-corrected chi connectivity index (χ0v) is 15.6. The van der Waals surface area contributed by atoms with E-state index in [0.717, 1.165) is 0 Å². The topological polar surface area (TPSA) is 159 Å². The third-order valence-corrected chi connectivity index (χ3v) is 3.79. The third kappa shape index (κ3) is 5.15. The fourth-order valence-electron chi connectivity index (χ4n) is 2.46. The molecule has 0 aliphatic carbocycles. The predicted molar refractivity (Wildman–Crippen MR) is 106 cm³/mol. The predicted octanol–water partition coefficient (Wildman–Crippen LogP) is 3.82. The summed E-state index contributed by atoms with van der Waals surface area (Å²) >= 11 is 0. The second kappa shape index (κ2) is 9.96. The van der Waals surface area contributed by atoms with Crippen molar-refractivity contribution in [1.29, 1.82) is 0 Å². The van der Waals surface area contributed by atoms with Crippen LogP contribution in [0.5, 0.6) is 0 Å². The summed E-state index contributed by atoms with van der Waals surface area (Å²) in [5.41, 5.74) is 1.67. The Morgan fingerprint density at radius 3 is 1.30 bits per heavy atom. The highest BCUT2D eigenvalue weighted by Crippen LogP contribution is 2.35. The van der Waals surface area contributed by atoms with Gasteiger partial charge in [0.1, 0.15) is 11.4 Å². The van der Waals surface area contributed by atoms with Crippen molar-refractivity contribution in [3.05, 3.63) is 35.4 Å². The highest BCUT2D eigenvalue weighted by atomic mass is 16.2. The van der Waals surface area contributed by atoms with Crippen LogP contribution in [0.1, 0.15) is 11.1 Å². The van der Waals surface area contributed by atoms with Gasteiger partial charge in [0.15, 0.2) is 0 Å². The number of benzene rings is 2. The van der Waals surface area contributed by atoms with Crippen molar-refractivity contribution in [2.24, 2.45) is 20.0 Å². The van der Waals surface area contributed by atoms with Gasteiger partial charge in [-0.3, -0.25) is 0 Å². The summed E-state index contributed by atoms with van der Waals surface area (Å²) in [5, 5.41) is 4.89. The van der Waals surface area contributed by atoms with E-state index in [4.69, 9.17) is 0 Å². The van der Waals surface area contributed by atoms with E-state index in [2.05, 4.69) is 30.6 Å². The Labute approximate surface area is 169 Å². The molecule has 2 aromatic rings. The van der Waals surface area contributed by atoms with Gasteiger partial charge in [-0.05, 0) is 49.2 Å². The third-order valence-electron chi connectivity index (χ3n) is 3.79. The molecule has 0 bridgehead atoms. The first-order valence-electron chi connectivity index (χ1n) is 8.12. The second-order valence-electron chi connectivity index (χ2n) is 5.70. The van der Waals surface area contributed by atoms with Crippen LogP contribution in [0, 0.1) is 13.8 Å². The van der Waals surface area contributed by atoms with Crippen LogP contribution in [0.4, 0.5) is 38.9 Å². The van der Waals surface area contributed by atoms with Crippen molar-refractivity contribution in [1.82, 2.24) is 0 Å². The number of urea groups is 1. The Balaban J connectivity index is 2.44. The Morgan fingerprint density at radius 1 is 0.633 bits per heavy atom. The molecule has 0 spiro atoms. The molecule has 0 saturated heterocycles. The zero-order chi connectivity index (χ0) is 22.1. The molecule has 0 fully saturated rings. The van der Waals surface area contributed by atoms with Crippen molar-refractivity contribution >= 4 is 64.5 Å². The van der Waals surface area contributed by atoms with Crippen molar-refractivity contribution in [3.8, 4) is 0 Å². The molecule has 0 saturated carbocycles. The lowest BCUT2D eigenvalue weighted by Gasteiger charge is -2.13. The number of hydrogen-bond acceptors (Lipinski definition) is 9. The molecule has 11 nitrogen and oxygen atoms in total. The number of carbonyl (C=O) groups excluding carboxylic acids is 5. The van der Waals surface area contributed by atoms with Crippen LogP contribution in [-0.2, 0) is 19.2 Å². The van der Waals surface area contributed by atoms with Gasteiger partial charge in [0, 0.05) is 0 Å². The SMILES string of the molecule is Cc1cc(N=C=O)c(NC(=O)Nc2cc(N=C=O)c(C)cc2N=C=O)cc1N=C=O. The van der Waals surface area contributed by atoms with Crippen molar-refractivity contribution < 1.29 is 24.0 Å². The molecule has 11 heteroatoms. The van der Waals surface area contributed by atoms with E-state index in [0.29, 0.717) is 11.1 Å². The molecule has 148 valence electrons. The lowest BCUT2D eigenvalue weighted by Crippen LogP contribution is -2.19. The van der Waals surface area contributed by atoms with Gasteiger partial charge in [-0.15, -0.1) is 0 Å². The Hall–Kier alpha value is -4.77. The normalized spacial score (nSPS) is 9.13. The quantitative estimate of drug-likeness (QED) is 0.552. The number of nitrogens with one attached hydrogen (secondary N) is 2. The van der Waals surface area contributed by atoms with E-state index in [1.807, 2.05) is 0 Å². The first-order valence-corrected chi connectivity index (χ1v) is 8.12. The van der Waals surface area contributed by atoms with Gasteiger partial charge in [-0.2, -0.15) is 20.0 Å². The maximum absolute atomic E-state index is 12.5. The molecule has 0 atom stereocenters. The highest BCUT2D eigenvalue weighted by Gasteiger charge is 2.14. The first kappa shape index (κ1) is 21.5. The minimum absolute atomic E-state index is 0.0501. The van der Waals surface area contributed by atoms with Crippen LogP contribution >= 0.6 is 0 Å². The van der Waals surface area contributed by atoms with Crippen molar-refractivity contribution in [3.63, 3.8) is 0 Å². The first-order chi connectivity index (χ1) is 14.4. The van der Waals surface area contributed by atoms with Crippen molar-refractivity contribution in [2.75, 3.05) is 10.6 Å². The molecule has 0 unspecified atom stereocenters. The van der Waals surface area contributed by atoms with Crippen LogP contribution in [-0.4, -0.2) is 30.4 Å². The number of anilines is 2. The van der Waals surface area contributed by atoms with Crippen LogP contribution < -0.4 is 10.6 Å². The summed E-state index contributed by atoms with van der Waals surface area (Å²) in [7, 11) is 0. The smallest absolute Gasteiger partial charge is 0.306 e. The van der Waals surface area contributed by atoms with Gasteiger partial charge in [-0.1, -0.05) is 0 Å². The fraction of sp³-hybridized carbons (Fsp3) is 0.105. The fourth-order valence-corrected chi connectivity index (χ4v) is 2.46. The van der Waals surface area contributed by atoms with Crippen LogP contribution in [0.15, 0.2) is 44.2 Å². The average Bonchev–Trinajstić information content (AvgIpc) is 2.69. The van der Waals surface area contributed by atoms with Crippen molar-refractivity contribution in [2.45, 2.75) is 13.8 Å². The van der Waals surface area contributed by atoms with E-state index >= 15 is 0 Å². The molecule has 0 aromatic heterocycles. The lowest BCUT2D eigenvalue weighted by molar-refractivity contribution is 0.262. The summed E-state index contributed by atoms with van der Waals surface area (Å²) < 4.78 is 0. The van der Waals surface area contributed by atoms with E-state index in [-0.39, 0.29) is 34.1 Å². The summed E-state index contributed by atoms with van der Waals surface area (Å²) in [6, 6.07) is 4.66. The summed E-state index contributed by atoms with van der Waals surface area (Å²) in [5.74, 6) is 0. The molecule has 2 rings (SSSR count). The number of aryl methyl sites for hydroxylation is 2. The van der Waals surface area contributed by atoms with E-state index < -0.39 is 6.03 Å². The molecule has 0 radical (unpaired) electrons. The number of hydrogen-bond donors (Lipinski definition) is 2. The van der Waals surface area contributed by atoms with Gasteiger partial charge in [0.25, 0.3) is 0 Å². The average molecular weight is 404 g/mol. The van der Waals surface area contributed by atoms with Gasteiger partial charge < -0.3 is 10.6 Å². The summed E-state index contributed by atoms with van der Waals surface area (Å²) in [6.07, 6.45) is 5.52. The molecule has 2 aromatic carbocycles. The minimum Gasteiger partial charge on any atom is -0.306 e. The maximum atomic E-state index is 12.5. The minimum atomic E-state index is -0.811. The van der Waals surface area contributed by atoms with Gasteiger partial charge >= 0.3 is 6.03 Å². The summed E-state index contributed by atoms with van der Waals surface area (Å²) in [4.78, 5) is 69.0. The van der Waals surface area contributed by atoms with Crippen LogP contribution in [0.2, 0.25) is 0 Å². The Kier molecular flexibility index (Phi) is 7.15. The van der Waals surface area contributed by atoms with E-state index in [1.54, 1.807) is 13.8 Å². The van der Waals surface area contributed by atoms with Gasteiger partial charge in [0.05, 0.1) is 22.7 Å². The monoisotopic (exact) mass is 404 g/mol. The number of amides is 2. The second-order valence-corrected chi connectivity index (χ2v) is 5.70. The molecule has 0 aliphatic rings. The molecular weight excluding hydrogens is 392 g/mol. The number of isocyanates is 4. The number of rotatable bonds is 6. The number of nitrogens with zero attached hydrogens (tertiary/aromatic N) is 4. The van der Waals surface area contributed by atoms with E-state index in [9.17, 15) is 24.0 Å². The standard InChI is InChI=1S/C19H12N6O5/c1-11-3-15(22-9-28)17(5-13(11)20-7-26)24-19(30)25-18-6-14(21-8-27)12(2)4-16(18)23-10-29/h3-6H,1-2H3,(H2,24,25,30). The molecule has 0 aliphatic heterocycles. The van der Waals surface area contributed by atoms with Crippen LogP contribution in [0.3, 0.4) is 0 Å². The molecule has 2 amide bonds. The van der Waals surface area contributed by atoms with Gasteiger partial charge in [0.2, 0.25) is 24.3 Å². The Bertz CT molecular complexity index is 1120. The lowest BCUT2D eigenvalue weighted by atomic mass is 10.1. The largest absolute Gasteiger partial charge is 0.323 e. The molecule has 0 heterocycles.